The van der Waals surface area contributed by atoms with Crippen molar-refractivity contribution in [3.05, 3.63) is 48.0 Å². The summed E-state index contributed by atoms with van der Waals surface area (Å²) in [6, 6.07) is 13.8. The highest BCUT2D eigenvalue weighted by molar-refractivity contribution is 7.99. The van der Waals surface area contributed by atoms with E-state index in [2.05, 4.69) is 54.8 Å². The molecule has 0 bridgehead atoms. The molecule has 0 saturated carbocycles. The van der Waals surface area contributed by atoms with Gasteiger partial charge in [0.25, 0.3) is 0 Å². The standard InChI is InChI=1S/C20H20N6OS2/c1-3-10-26-19(14-7-4-6-13(2)11-14)22-23-20(26)28-12-17(27)21-15-8-5-9-16-18(15)25-29-24-16/h4-9,11H,3,10,12H2,1-2H3,(H,21,27). The summed E-state index contributed by atoms with van der Waals surface area (Å²) < 4.78 is 10.5. The molecule has 9 heteroatoms. The van der Waals surface area contributed by atoms with Crippen LogP contribution in [-0.4, -0.2) is 35.2 Å². The number of aromatic nitrogens is 5. The first kappa shape index (κ1) is 19.5. The third-order valence-electron chi connectivity index (χ3n) is 4.33. The SMILES string of the molecule is CCCn1c(SCC(=O)Nc2cccc3nsnc23)nnc1-c1cccc(C)c1. The first-order valence-corrected chi connectivity index (χ1v) is 11.0. The van der Waals surface area contributed by atoms with Gasteiger partial charge in [-0.2, -0.15) is 8.75 Å². The molecule has 0 fully saturated rings. The molecule has 4 rings (SSSR count). The van der Waals surface area contributed by atoms with E-state index in [9.17, 15) is 4.79 Å². The van der Waals surface area contributed by atoms with Crippen LogP contribution in [0.2, 0.25) is 0 Å². The Balaban J connectivity index is 1.49. The molecule has 2 heterocycles. The maximum Gasteiger partial charge on any atom is 0.234 e. The summed E-state index contributed by atoms with van der Waals surface area (Å²) in [6.45, 7) is 4.97. The lowest BCUT2D eigenvalue weighted by molar-refractivity contribution is -0.113. The Morgan fingerprint density at radius 3 is 2.86 bits per heavy atom. The van der Waals surface area contributed by atoms with Gasteiger partial charge in [0.2, 0.25) is 5.91 Å². The quantitative estimate of drug-likeness (QED) is 0.443. The van der Waals surface area contributed by atoms with Gasteiger partial charge in [-0.25, -0.2) is 0 Å². The van der Waals surface area contributed by atoms with Gasteiger partial charge in [0.15, 0.2) is 11.0 Å². The van der Waals surface area contributed by atoms with Gasteiger partial charge in [-0.05, 0) is 31.5 Å². The summed E-state index contributed by atoms with van der Waals surface area (Å²) in [4.78, 5) is 12.5. The number of carbonyl (C=O) groups is 1. The topological polar surface area (TPSA) is 85.6 Å². The zero-order chi connectivity index (χ0) is 20.2. The minimum absolute atomic E-state index is 0.112. The predicted octanol–water partition coefficient (Wildman–Crippen LogP) is 4.40. The number of thioether (sulfide) groups is 1. The smallest absolute Gasteiger partial charge is 0.234 e. The van der Waals surface area contributed by atoms with Crippen LogP contribution in [0.1, 0.15) is 18.9 Å². The number of rotatable bonds is 7. The molecular weight excluding hydrogens is 404 g/mol. The van der Waals surface area contributed by atoms with E-state index in [4.69, 9.17) is 0 Å². The van der Waals surface area contributed by atoms with Crippen LogP contribution in [0.15, 0.2) is 47.6 Å². The van der Waals surface area contributed by atoms with Crippen molar-refractivity contribution >= 4 is 46.1 Å². The molecule has 0 saturated heterocycles. The van der Waals surface area contributed by atoms with Gasteiger partial charge in [0.1, 0.15) is 11.0 Å². The maximum absolute atomic E-state index is 12.5. The van der Waals surface area contributed by atoms with E-state index >= 15 is 0 Å². The van der Waals surface area contributed by atoms with Crippen molar-refractivity contribution in [1.29, 1.82) is 0 Å². The number of nitrogens with zero attached hydrogens (tertiary/aromatic N) is 5. The van der Waals surface area contributed by atoms with Gasteiger partial charge in [0, 0.05) is 12.1 Å². The molecule has 0 aliphatic rings. The minimum atomic E-state index is -0.112. The predicted molar refractivity (Wildman–Crippen MR) is 117 cm³/mol. The molecule has 0 aliphatic heterocycles. The Morgan fingerprint density at radius 2 is 2.03 bits per heavy atom. The van der Waals surface area contributed by atoms with Gasteiger partial charge in [0.05, 0.1) is 23.2 Å². The average Bonchev–Trinajstić information content (AvgIpc) is 3.34. The van der Waals surface area contributed by atoms with Crippen molar-refractivity contribution in [2.24, 2.45) is 0 Å². The second-order valence-corrected chi connectivity index (χ2v) is 8.07. The number of hydrogen-bond donors (Lipinski definition) is 1. The normalized spacial score (nSPS) is 11.1. The zero-order valence-electron chi connectivity index (χ0n) is 16.1. The van der Waals surface area contributed by atoms with Crippen LogP contribution in [0.25, 0.3) is 22.4 Å². The number of fused-ring (bicyclic) bond motifs is 1. The third kappa shape index (κ3) is 4.30. The van der Waals surface area contributed by atoms with E-state index in [1.807, 2.05) is 30.3 Å². The largest absolute Gasteiger partial charge is 0.323 e. The first-order valence-electron chi connectivity index (χ1n) is 9.30. The second-order valence-electron chi connectivity index (χ2n) is 6.60. The number of anilines is 1. The third-order valence-corrected chi connectivity index (χ3v) is 5.84. The van der Waals surface area contributed by atoms with Crippen molar-refractivity contribution in [3.8, 4) is 11.4 Å². The highest BCUT2D eigenvalue weighted by atomic mass is 32.2. The molecule has 148 valence electrons. The number of amides is 1. The van der Waals surface area contributed by atoms with Crippen LogP contribution in [0.4, 0.5) is 5.69 Å². The number of aryl methyl sites for hydroxylation is 1. The van der Waals surface area contributed by atoms with Crippen LogP contribution in [0.5, 0.6) is 0 Å². The van der Waals surface area contributed by atoms with Gasteiger partial charge in [-0.15, -0.1) is 10.2 Å². The number of benzene rings is 2. The average molecular weight is 425 g/mol. The number of carbonyl (C=O) groups excluding carboxylic acids is 1. The van der Waals surface area contributed by atoms with E-state index in [0.29, 0.717) is 11.2 Å². The maximum atomic E-state index is 12.5. The molecule has 4 aromatic rings. The van der Waals surface area contributed by atoms with Crippen LogP contribution in [0, 0.1) is 6.92 Å². The van der Waals surface area contributed by atoms with Gasteiger partial charge in [-0.1, -0.05) is 48.5 Å². The van der Waals surface area contributed by atoms with Gasteiger partial charge in [-0.3, -0.25) is 4.79 Å². The van der Waals surface area contributed by atoms with Crippen LogP contribution < -0.4 is 5.32 Å². The molecule has 2 aromatic carbocycles. The fourth-order valence-electron chi connectivity index (χ4n) is 3.04. The Bertz CT molecular complexity index is 1150. The lowest BCUT2D eigenvalue weighted by atomic mass is 10.1. The molecule has 0 unspecified atom stereocenters. The van der Waals surface area contributed by atoms with Crippen molar-refractivity contribution < 1.29 is 4.79 Å². The summed E-state index contributed by atoms with van der Waals surface area (Å²) >= 11 is 2.52. The van der Waals surface area contributed by atoms with E-state index in [1.165, 1.54) is 17.3 Å². The first-order chi connectivity index (χ1) is 14.2. The summed E-state index contributed by atoms with van der Waals surface area (Å²) in [5.74, 6) is 0.958. The summed E-state index contributed by atoms with van der Waals surface area (Å²) in [5.41, 5.74) is 4.38. The molecule has 29 heavy (non-hydrogen) atoms. The highest BCUT2D eigenvalue weighted by Gasteiger charge is 2.16. The van der Waals surface area contributed by atoms with Crippen LogP contribution in [0.3, 0.4) is 0 Å². The van der Waals surface area contributed by atoms with Crippen LogP contribution >= 0.6 is 23.5 Å². The van der Waals surface area contributed by atoms with E-state index in [0.717, 1.165) is 46.8 Å². The van der Waals surface area contributed by atoms with E-state index in [1.54, 1.807) is 0 Å². The second kappa shape index (κ2) is 8.71. The van der Waals surface area contributed by atoms with E-state index < -0.39 is 0 Å². The molecule has 0 aliphatic carbocycles. The van der Waals surface area contributed by atoms with Crippen molar-refractivity contribution in [2.75, 3.05) is 11.1 Å². The molecule has 2 aromatic heterocycles. The summed E-state index contributed by atoms with van der Waals surface area (Å²) in [6.07, 6.45) is 0.954. The number of hydrogen-bond acceptors (Lipinski definition) is 7. The molecule has 0 radical (unpaired) electrons. The highest BCUT2D eigenvalue weighted by Crippen LogP contribution is 2.26. The molecule has 7 nitrogen and oxygen atoms in total. The van der Waals surface area contributed by atoms with Crippen LogP contribution in [-0.2, 0) is 11.3 Å². The summed E-state index contributed by atoms with van der Waals surface area (Å²) in [7, 11) is 0. The Labute approximate surface area is 176 Å². The van der Waals surface area contributed by atoms with Crippen molar-refractivity contribution in [2.45, 2.75) is 32.0 Å². The molecule has 1 amide bonds. The molecule has 0 atom stereocenters. The summed E-state index contributed by atoms with van der Waals surface area (Å²) in [5, 5.41) is 12.4. The zero-order valence-corrected chi connectivity index (χ0v) is 17.8. The van der Waals surface area contributed by atoms with E-state index in [-0.39, 0.29) is 11.7 Å². The minimum Gasteiger partial charge on any atom is -0.323 e. The van der Waals surface area contributed by atoms with Crippen molar-refractivity contribution in [1.82, 2.24) is 23.5 Å². The molecule has 1 N–H and O–H groups in total. The lowest BCUT2D eigenvalue weighted by Crippen LogP contribution is -2.15. The number of nitrogens with one attached hydrogen (secondary N) is 1. The van der Waals surface area contributed by atoms with Gasteiger partial charge < -0.3 is 9.88 Å². The van der Waals surface area contributed by atoms with Crippen molar-refractivity contribution in [3.63, 3.8) is 0 Å². The Morgan fingerprint density at radius 1 is 1.17 bits per heavy atom. The Hall–Kier alpha value is -2.78. The fourth-order valence-corrected chi connectivity index (χ4v) is 4.36. The Kier molecular flexibility index (Phi) is 5.86. The molecular formula is C20H20N6OS2. The van der Waals surface area contributed by atoms with Gasteiger partial charge >= 0.3 is 0 Å². The fraction of sp³-hybridized carbons (Fsp3) is 0.250. The molecule has 0 spiro atoms. The lowest BCUT2D eigenvalue weighted by Gasteiger charge is -2.09. The monoisotopic (exact) mass is 424 g/mol.